The summed E-state index contributed by atoms with van der Waals surface area (Å²) in [5.74, 6) is 0.0438. The molecule has 0 saturated heterocycles. The Hall–Kier alpha value is -0.610. The van der Waals surface area contributed by atoms with Crippen molar-refractivity contribution in [1.29, 1.82) is 0 Å². The van der Waals surface area contributed by atoms with Crippen LogP contribution in [0.5, 0.6) is 0 Å². The van der Waals surface area contributed by atoms with Crippen molar-refractivity contribution in [2.24, 2.45) is 11.1 Å². The van der Waals surface area contributed by atoms with E-state index < -0.39 is 0 Å². The molecule has 0 unspecified atom stereocenters. The van der Waals surface area contributed by atoms with E-state index in [1.54, 1.807) is 0 Å². The van der Waals surface area contributed by atoms with Gasteiger partial charge in [0.25, 0.3) is 0 Å². The van der Waals surface area contributed by atoms with Crippen LogP contribution in [-0.4, -0.2) is 32.6 Å². The monoisotopic (exact) mass is 173 g/mol. The summed E-state index contributed by atoms with van der Waals surface area (Å²) in [5.41, 5.74) is 4.91. The van der Waals surface area contributed by atoms with Gasteiger partial charge in [-0.15, -0.1) is 0 Å². The van der Waals surface area contributed by atoms with Gasteiger partial charge in [0, 0.05) is 19.6 Å². The molecule has 0 aliphatic heterocycles. The van der Waals surface area contributed by atoms with Gasteiger partial charge < -0.3 is 16.4 Å². The summed E-state index contributed by atoms with van der Waals surface area (Å²) in [4.78, 5) is 11.4. The van der Waals surface area contributed by atoms with Gasteiger partial charge >= 0.3 is 0 Å². The van der Waals surface area contributed by atoms with Crippen LogP contribution in [0.1, 0.15) is 13.8 Å². The Morgan fingerprint density at radius 1 is 1.50 bits per heavy atom. The van der Waals surface area contributed by atoms with Crippen LogP contribution in [0.15, 0.2) is 0 Å². The average molecular weight is 173 g/mol. The highest BCUT2D eigenvalue weighted by atomic mass is 16.2. The summed E-state index contributed by atoms with van der Waals surface area (Å²) in [5, 5.41) is 5.73. The van der Waals surface area contributed by atoms with Gasteiger partial charge in [-0.3, -0.25) is 4.79 Å². The van der Waals surface area contributed by atoms with Crippen molar-refractivity contribution in [3.8, 4) is 0 Å². The Labute approximate surface area is 73.9 Å². The molecule has 0 aliphatic rings. The number of nitrogens with one attached hydrogen (secondary N) is 2. The van der Waals surface area contributed by atoms with E-state index in [9.17, 15) is 4.79 Å². The van der Waals surface area contributed by atoms with Crippen molar-refractivity contribution in [3.05, 3.63) is 0 Å². The zero-order valence-electron chi connectivity index (χ0n) is 8.11. The molecule has 0 saturated carbocycles. The molecule has 0 bridgehead atoms. The molecule has 0 aromatic rings. The zero-order valence-corrected chi connectivity index (χ0v) is 8.11. The SMILES string of the molecule is CNCC(C)(C)C(=O)NCCN. The van der Waals surface area contributed by atoms with Gasteiger partial charge in [0.1, 0.15) is 0 Å². The molecular weight excluding hydrogens is 154 g/mol. The molecule has 4 N–H and O–H groups in total. The number of hydrogen-bond acceptors (Lipinski definition) is 3. The quantitative estimate of drug-likeness (QED) is 0.515. The minimum absolute atomic E-state index is 0.0438. The van der Waals surface area contributed by atoms with E-state index in [0.717, 1.165) is 0 Å². The molecule has 0 atom stereocenters. The average Bonchev–Trinajstić information content (AvgIpc) is 2.00. The van der Waals surface area contributed by atoms with Crippen LogP contribution in [0.25, 0.3) is 0 Å². The first-order valence-electron chi connectivity index (χ1n) is 4.17. The first kappa shape index (κ1) is 11.4. The van der Waals surface area contributed by atoms with Crippen molar-refractivity contribution >= 4 is 5.91 Å². The zero-order chi connectivity index (χ0) is 9.61. The van der Waals surface area contributed by atoms with Gasteiger partial charge in [-0.25, -0.2) is 0 Å². The Balaban J connectivity index is 3.88. The van der Waals surface area contributed by atoms with Crippen molar-refractivity contribution in [1.82, 2.24) is 10.6 Å². The lowest BCUT2D eigenvalue weighted by atomic mass is 9.92. The predicted octanol–water partition coefficient (Wildman–Crippen LogP) is -0.693. The van der Waals surface area contributed by atoms with Crippen molar-refractivity contribution in [2.75, 3.05) is 26.7 Å². The van der Waals surface area contributed by atoms with Crippen molar-refractivity contribution < 1.29 is 4.79 Å². The number of carbonyl (C=O) groups excluding carboxylic acids is 1. The number of amides is 1. The summed E-state index contributed by atoms with van der Waals surface area (Å²) in [6.07, 6.45) is 0. The molecule has 4 nitrogen and oxygen atoms in total. The Bertz CT molecular complexity index is 145. The number of nitrogens with two attached hydrogens (primary N) is 1. The second-order valence-electron chi connectivity index (χ2n) is 3.46. The van der Waals surface area contributed by atoms with E-state index in [1.165, 1.54) is 0 Å². The fraction of sp³-hybridized carbons (Fsp3) is 0.875. The third kappa shape index (κ3) is 3.69. The van der Waals surface area contributed by atoms with E-state index in [2.05, 4.69) is 10.6 Å². The van der Waals surface area contributed by atoms with Gasteiger partial charge in [0.15, 0.2) is 0 Å². The van der Waals surface area contributed by atoms with E-state index in [0.29, 0.717) is 19.6 Å². The second kappa shape index (κ2) is 5.11. The highest BCUT2D eigenvalue weighted by Crippen LogP contribution is 2.12. The van der Waals surface area contributed by atoms with E-state index in [-0.39, 0.29) is 11.3 Å². The molecule has 0 heterocycles. The first-order valence-corrected chi connectivity index (χ1v) is 4.17. The molecule has 0 spiro atoms. The van der Waals surface area contributed by atoms with Gasteiger partial charge in [0.2, 0.25) is 5.91 Å². The van der Waals surface area contributed by atoms with Gasteiger partial charge in [-0.05, 0) is 20.9 Å². The van der Waals surface area contributed by atoms with E-state index in [4.69, 9.17) is 5.73 Å². The third-order valence-corrected chi connectivity index (χ3v) is 1.66. The summed E-state index contributed by atoms with van der Waals surface area (Å²) < 4.78 is 0. The highest BCUT2D eigenvalue weighted by molar-refractivity contribution is 5.82. The number of hydrogen-bond donors (Lipinski definition) is 3. The molecule has 0 rings (SSSR count). The summed E-state index contributed by atoms with van der Waals surface area (Å²) in [6.45, 7) is 5.50. The molecule has 0 aliphatic carbocycles. The smallest absolute Gasteiger partial charge is 0.226 e. The maximum absolute atomic E-state index is 11.4. The molecule has 72 valence electrons. The standard InChI is InChI=1S/C8H19N3O/c1-8(2,6-10-3)7(12)11-5-4-9/h10H,4-6,9H2,1-3H3,(H,11,12). The molecule has 0 radical (unpaired) electrons. The van der Waals surface area contributed by atoms with Crippen LogP contribution in [0.2, 0.25) is 0 Å². The van der Waals surface area contributed by atoms with Crippen LogP contribution in [-0.2, 0) is 4.79 Å². The largest absolute Gasteiger partial charge is 0.354 e. The minimum Gasteiger partial charge on any atom is -0.354 e. The summed E-state index contributed by atoms with van der Waals surface area (Å²) in [6, 6.07) is 0. The van der Waals surface area contributed by atoms with Crippen LogP contribution in [0.3, 0.4) is 0 Å². The van der Waals surface area contributed by atoms with Crippen molar-refractivity contribution in [2.45, 2.75) is 13.8 Å². The van der Waals surface area contributed by atoms with Crippen LogP contribution < -0.4 is 16.4 Å². The molecule has 1 amide bonds. The topological polar surface area (TPSA) is 67.2 Å². The number of rotatable bonds is 5. The molecular formula is C8H19N3O. The molecule has 4 heteroatoms. The summed E-state index contributed by atoms with van der Waals surface area (Å²) >= 11 is 0. The molecule has 0 fully saturated rings. The number of carbonyl (C=O) groups is 1. The molecule has 12 heavy (non-hydrogen) atoms. The normalized spacial score (nSPS) is 11.3. The van der Waals surface area contributed by atoms with Crippen LogP contribution in [0.4, 0.5) is 0 Å². The maximum atomic E-state index is 11.4. The minimum atomic E-state index is -0.357. The third-order valence-electron chi connectivity index (χ3n) is 1.66. The predicted molar refractivity (Wildman–Crippen MR) is 49.8 cm³/mol. The summed E-state index contributed by atoms with van der Waals surface area (Å²) in [7, 11) is 1.83. The van der Waals surface area contributed by atoms with Gasteiger partial charge in [-0.1, -0.05) is 0 Å². The second-order valence-corrected chi connectivity index (χ2v) is 3.46. The maximum Gasteiger partial charge on any atom is 0.226 e. The van der Waals surface area contributed by atoms with E-state index in [1.807, 2.05) is 20.9 Å². The molecule has 0 aromatic heterocycles. The van der Waals surface area contributed by atoms with E-state index >= 15 is 0 Å². The van der Waals surface area contributed by atoms with Gasteiger partial charge in [0.05, 0.1) is 5.41 Å². The Morgan fingerprint density at radius 3 is 2.50 bits per heavy atom. The first-order chi connectivity index (χ1) is 5.54. The van der Waals surface area contributed by atoms with Crippen molar-refractivity contribution in [3.63, 3.8) is 0 Å². The lowest BCUT2D eigenvalue weighted by Crippen LogP contribution is -2.44. The fourth-order valence-electron chi connectivity index (χ4n) is 0.947. The van der Waals surface area contributed by atoms with Crippen LogP contribution in [0, 0.1) is 5.41 Å². The lowest BCUT2D eigenvalue weighted by Gasteiger charge is -2.22. The Morgan fingerprint density at radius 2 is 2.08 bits per heavy atom. The fourth-order valence-corrected chi connectivity index (χ4v) is 0.947. The highest BCUT2D eigenvalue weighted by Gasteiger charge is 2.25. The van der Waals surface area contributed by atoms with Crippen LogP contribution >= 0.6 is 0 Å². The lowest BCUT2D eigenvalue weighted by molar-refractivity contribution is -0.129. The molecule has 0 aromatic carbocycles. The Kier molecular flexibility index (Phi) is 4.85. The van der Waals surface area contributed by atoms with Gasteiger partial charge in [-0.2, -0.15) is 0 Å².